The van der Waals surface area contributed by atoms with Gasteiger partial charge in [0.15, 0.2) is 0 Å². The minimum atomic E-state index is -3.26. The number of hydrogen-bond donors (Lipinski definition) is 2. The molecule has 0 spiro atoms. The van der Waals surface area contributed by atoms with Crippen molar-refractivity contribution in [2.24, 2.45) is 0 Å². The fraction of sp³-hybridized carbons (Fsp3) is 0.190. The summed E-state index contributed by atoms with van der Waals surface area (Å²) in [5.41, 5.74) is 2.54. The topological polar surface area (TPSA) is 112 Å². The number of anilines is 2. The Hall–Kier alpha value is -3.46. The largest absolute Gasteiger partial charge is 0.322 e. The molecule has 0 radical (unpaired) electrons. The number of nitrogens with zero attached hydrogens (tertiary/aromatic N) is 2. The van der Waals surface area contributed by atoms with Gasteiger partial charge in [-0.2, -0.15) is 0 Å². The monoisotopic (exact) mass is 424 g/mol. The van der Waals surface area contributed by atoms with Gasteiger partial charge in [0.25, 0.3) is 11.5 Å². The van der Waals surface area contributed by atoms with Crippen LogP contribution in [-0.2, 0) is 10.0 Å². The van der Waals surface area contributed by atoms with E-state index in [0.29, 0.717) is 47.0 Å². The van der Waals surface area contributed by atoms with Crippen molar-refractivity contribution in [1.82, 2.24) is 9.97 Å². The molecule has 0 aliphatic carbocycles. The van der Waals surface area contributed by atoms with Crippen molar-refractivity contribution in [3.05, 3.63) is 76.2 Å². The van der Waals surface area contributed by atoms with Crippen LogP contribution in [0.25, 0.3) is 11.4 Å². The number of benzene rings is 2. The maximum absolute atomic E-state index is 12.6. The Bertz CT molecular complexity index is 1270. The number of aromatic amines is 1. The first-order valence-corrected chi connectivity index (χ1v) is 11.0. The van der Waals surface area contributed by atoms with Crippen molar-refractivity contribution in [3.8, 4) is 11.4 Å². The molecule has 2 N–H and O–H groups in total. The minimum Gasteiger partial charge on any atom is -0.322 e. The van der Waals surface area contributed by atoms with E-state index in [4.69, 9.17) is 0 Å². The number of H-pyrrole nitrogens is 1. The summed E-state index contributed by atoms with van der Waals surface area (Å²) in [5.74, 6) is 0.244. The number of hydrogen-bond acceptors (Lipinski definition) is 5. The Morgan fingerprint density at radius 2 is 1.90 bits per heavy atom. The van der Waals surface area contributed by atoms with Crippen molar-refractivity contribution >= 4 is 27.3 Å². The second kappa shape index (κ2) is 7.75. The highest BCUT2D eigenvalue weighted by atomic mass is 32.2. The Balaban J connectivity index is 1.52. The molecule has 3 aromatic rings. The van der Waals surface area contributed by atoms with E-state index in [1.165, 1.54) is 10.4 Å². The molecule has 154 valence electrons. The lowest BCUT2D eigenvalue weighted by Crippen LogP contribution is -2.25. The number of amides is 1. The van der Waals surface area contributed by atoms with Crippen LogP contribution in [0.2, 0.25) is 0 Å². The highest BCUT2D eigenvalue weighted by Crippen LogP contribution is 2.25. The number of rotatable bonds is 4. The average Bonchev–Trinajstić information content (AvgIpc) is 3.06. The summed E-state index contributed by atoms with van der Waals surface area (Å²) in [6, 6.07) is 14.9. The van der Waals surface area contributed by atoms with E-state index in [9.17, 15) is 18.0 Å². The zero-order valence-corrected chi connectivity index (χ0v) is 17.1. The van der Waals surface area contributed by atoms with Crippen molar-refractivity contribution in [2.45, 2.75) is 13.3 Å². The second-order valence-electron chi connectivity index (χ2n) is 7.06. The van der Waals surface area contributed by atoms with E-state index in [-0.39, 0.29) is 17.2 Å². The third-order valence-corrected chi connectivity index (χ3v) is 6.65. The standard InChI is InChI=1S/C21H20N4O4S/c1-14-12-19(26)24-20(22-14)16-4-2-5-17(13-16)23-21(27)15-6-8-18(9-7-15)25-10-3-11-30(25,28)29/h2,4-9,12-13H,3,10-11H2,1H3,(H,23,27)(H,22,24,26). The summed E-state index contributed by atoms with van der Waals surface area (Å²) in [6.07, 6.45) is 0.599. The number of aryl methyl sites for hydroxylation is 1. The van der Waals surface area contributed by atoms with Crippen LogP contribution in [0.5, 0.6) is 0 Å². The Morgan fingerprint density at radius 1 is 1.13 bits per heavy atom. The molecule has 0 saturated carbocycles. The predicted molar refractivity (Wildman–Crippen MR) is 115 cm³/mol. The Kier molecular flexibility index (Phi) is 5.13. The van der Waals surface area contributed by atoms with Crippen LogP contribution in [0.1, 0.15) is 22.5 Å². The average molecular weight is 424 g/mol. The summed E-state index contributed by atoms with van der Waals surface area (Å²) in [4.78, 5) is 31.3. The molecule has 1 amide bonds. The van der Waals surface area contributed by atoms with Gasteiger partial charge < -0.3 is 10.3 Å². The number of carbonyl (C=O) groups is 1. The molecule has 1 aliphatic heterocycles. The minimum absolute atomic E-state index is 0.145. The van der Waals surface area contributed by atoms with Crippen LogP contribution in [0.3, 0.4) is 0 Å². The normalized spacial score (nSPS) is 15.2. The van der Waals surface area contributed by atoms with Gasteiger partial charge in [-0.15, -0.1) is 0 Å². The molecule has 2 aromatic carbocycles. The van der Waals surface area contributed by atoms with E-state index in [2.05, 4.69) is 15.3 Å². The van der Waals surface area contributed by atoms with Crippen molar-refractivity contribution in [2.75, 3.05) is 21.9 Å². The molecule has 4 rings (SSSR count). The summed E-state index contributed by atoms with van der Waals surface area (Å²) < 4.78 is 25.4. The van der Waals surface area contributed by atoms with Crippen LogP contribution in [0, 0.1) is 6.92 Å². The lowest BCUT2D eigenvalue weighted by Gasteiger charge is -2.17. The van der Waals surface area contributed by atoms with Gasteiger partial charge in [-0.1, -0.05) is 12.1 Å². The maximum Gasteiger partial charge on any atom is 0.255 e. The molecule has 1 aliphatic rings. The summed E-state index contributed by atoms with van der Waals surface area (Å²) >= 11 is 0. The second-order valence-corrected chi connectivity index (χ2v) is 9.07. The van der Waals surface area contributed by atoms with E-state index >= 15 is 0 Å². The zero-order valence-electron chi connectivity index (χ0n) is 16.3. The Morgan fingerprint density at radius 3 is 2.57 bits per heavy atom. The number of nitrogens with one attached hydrogen (secondary N) is 2. The van der Waals surface area contributed by atoms with E-state index in [1.807, 2.05) is 0 Å². The molecule has 1 aromatic heterocycles. The number of sulfonamides is 1. The van der Waals surface area contributed by atoms with E-state index in [1.54, 1.807) is 55.5 Å². The van der Waals surface area contributed by atoms with Gasteiger partial charge in [-0.25, -0.2) is 13.4 Å². The molecule has 0 atom stereocenters. The molecule has 1 fully saturated rings. The summed E-state index contributed by atoms with van der Waals surface area (Å²) in [6.45, 7) is 2.19. The lowest BCUT2D eigenvalue weighted by molar-refractivity contribution is 0.102. The fourth-order valence-corrected chi connectivity index (χ4v) is 4.94. The van der Waals surface area contributed by atoms with Crippen LogP contribution in [0.15, 0.2) is 59.4 Å². The Labute approximate surface area is 173 Å². The first-order chi connectivity index (χ1) is 14.3. The van der Waals surface area contributed by atoms with Gasteiger partial charge in [-0.05, 0) is 49.7 Å². The van der Waals surface area contributed by atoms with Crippen molar-refractivity contribution in [1.29, 1.82) is 0 Å². The summed E-state index contributed by atoms with van der Waals surface area (Å²) in [7, 11) is -3.26. The van der Waals surface area contributed by atoms with Crippen LogP contribution in [0.4, 0.5) is 11.4 Å². The van der Waals surface area contributed by atoms with Crippen LogP contribution < -0.4 is 15.2 Å². The smallest absolute Gasteiger partial charge is 0.255 e. The maximum atomic E-state index is 12.6. The first-order valence-electron chi connectivity index (χ1n) is 9.42. The third-order valence-electron chi connectivity index (χ3n) is 4.78. The SMILES string of the molecule is Cc1cc(=O)[nH]c(-c2cccc(NC(=O)c3ccc(N4CCCS4(=O)=O)cc3)c2)n1. The van der Waals surface area contributed by atoms with Gasteiger partial charge in [0.05, 0.1) is 11.4 Å². The molecule has 8 nitrogen and oxygen atoms in total. The number of carbonyl (C=O) groups excluding carboxylic acids is 1. The first kappa shape index (κ1) is 19.8. The van der Waals surface area contributed by atoms with Crippen molar-refractivity contribution in [3.63, 3.8) is 0 Å². The molecular formula is C21H20N4O4S. The van der Waals surface area contributed by atoms with Gasteiger partial charge in [0.1, 0.15) is 5.82 Å². The van der Waals surface area contributed by atoms with Gasteiger partial charge in [0, 0.05) is 35.1 Å². The van der Waals surface area contributed by atoms with Crippen LogP contribution >= 0.6 is 0 Å². The molecule has 0 bridgehead atoms. The van der Waals surface area contributed by atoms with Gasteiger partial charge in [0.2, 0.25) is 10.0 Å². The molecular weight excluding hydrogens is 404 g/mol. The summed E-state index contributed by atoms with van der Waals surface area (Å²) in [5, 5.41) is 2.81. The van der Waals surface area contributed by atoms with Crippen molar-refractivity contribution < 1.29 is 13.2 Å². The fourth-order valence-electron chi connectivity index (χ4n) is 3.37. The lowest BCUT2D eigenvalue weighted by atomic mass is 10.1. The highest BCUT2D eigenvalue weighted by Gasteiger charge is 2.28. The molecule has 0 unspecified atom stereocenters. The molecule has 9 heteroatoms. The highest BCUT2D eigenvalue weighted by molar-refractivity contribution is 7.93. The predicted octanol–water partition coefficient (Wildman–Crippen LogP) is 2.54. The van der Waals surface area contributed by atoms with Gasteiger partial charge >= 0.3 is 0 Å². The molecule has 2 heterocycles. The molecule has 30 heavy (non-hydrogen) atoms. The molecule has 1 saturated heterocycles. The zero-order chi connectivity index (χ0) is 21.3. The van der Waals surface area contributed by atoms with Gasteiger partial charge in [-0.3, -0.25) is 13.9 Å². The third kappa shape index (κ3) is 4.11. The number of aromatic nitrogens is 2. The quantitative estimate of drug-likeness (QED) is 0.668. The van der Waals surface area contributed by atoms with E-state index < -0.39 is 10.0 Å². The van der Waals surface area contributed by atoms with Crippen LogP contribution in [-0.4, -0.2) is 36.6 Å². The van der Waals surface area contributed by atoms with E-state index in [0.717, 1.165) is 0 Å².